The quantitative estimate of drug-likeness (QED) is 0.728. The van der Waals surface area contributed by atoms with Gasteiger partial charge in [0.1, 0.15) is 5.75 Å². The second-order valence-corrected chi connectivity index (χ2v) is 2.97. The zero-order valence-corrected chi connectivity index (χ0v) is 8.04. The third kappa shape index (κ3) is 2.00. The Morgan fingerprint density at radius 1 is 1.38 bits per heavy atom. The second-order valence-electron chi connectivity index (χ2n) is 2.97. The molecule has 0 aliphatic rings. The van der Waals surface area contributed by atoms with Gasteiger partial charge in [0.25, 0.3) is 0 Å². The van der Waals surface area contributed by atoms with Crippen molar-refractivity contribution in [3.63, 3.8) is 0 Å². The van der Waals surface area contributed by atoms with Crippen molar-refractivity contribution in [1.29, 1.82) is 0 Å². The lowest BCUT2D eigenvalue weighted by molar-refractivity contribution is 0.474. The van der Waals surface area contributed by atoms with E-state index < -0.39 is 0 Å². The molecular formula is C12H14O. The van der Waals surface area contributed by atoms with Crippen LogP contribution in [0, 0.1) is 6.92 Å². The van der Waals surface area contributed by atoms with E-state index in [2.05, 4.69) is 6.58 Å². The van der Waals surface area contributed by atoms with E-state index in [0.29, 0.717) is 5.75 Å². The van der Waals surface area contributed by atoms with Gasteiger partial charge in [-0.25, -0.2) is 0 Å². The molecule has 0 spiro atoms. The number of rotatable bonds is 2. The maximum Gasteiger partial charge on any atom is 0.116 e. The minimum atomic E-state index is 0.302. The van der Waals surface area contributed by atoms with Crippen LogP contribution >= 0.6 is 0 Å². The summed E-state index contributed by atoms with van der Waals surface area (Å²) in [4.78, 5) is 0. The Bertz CT molecular complexity index is 348. The van der Waals surface area contributed by atoms with Gasteiger partial charge in [0.05, 0.1) is 0 Å². The maximum atomic E-state index is 9.37. The van der Waals surface area contributed by atoms with Crippen LogP contribution in [0.3, 0.4) is 0 Å². The lowest BCUT2D eigenvalue weighted by atomic mass is 10.0. The Hall–Kier alpha value is -1.50. The zero-order chi connectivity index (χ0) is 9.84. The Balaban J connectivity index is 3.37. The van der Waals surface area contributed by atoms with Gasteiger partial charge in [-0.2, -0.15) is 0 Å². The lowest BCUT2D eigenvalue weighted by Gasteiger charge is -2.06. The van der Waals surface area contributed by atoms with Crippen LogP contribution in [0.2, 0.25) is 0 Å². The molecule has 0 saturated carbocycles. The monoisotopic (exact) mass is 174 g/mol. The molecule has 0 atom stereocenters. The molecule has 0 saturated heterocycles. The molecule has 1 aromatic carbocycles. The molecule has 0 bridgehead atoms. The van der Waals surface area contributed by atoms with Crippen molar-refractivity contribution in [2.75, 3.05) is 0 Å². The summed E-state index contributed by atoms with van der Waals surface area (Å²) in [5.41, 5.74) is 3.13. The fourth-order valence-electron chi connectivity index (χ4n) is 1.40. The van der Waals surface area contributed by atoms with E-state index in [4.69, 9.17) is 0 Å². The molecule has 0 aliphatic heterocycles. The van der Waals surface area contributed by atoms with E-state index in [1.807, 2.05) is 32.1 Å². The summed E-state index contributed by atoms with van der Waals surface area (Å²) in [7, 11) is 0. The smallest absolute Gasteiger partial charge is 0.116 e. The number of aryl methyl sites for hydroxylation is 1. The molecular weight excluding hydrogens is 160 g/mol. The summed E-state index contributed by atoms with van der Waals surface area (Å²) in [5, 5.41) is 9.37. The predicted molar refractivity (Wildman–Crippen MR) is 57.6 cm³/mol. The van der Waals surface area contributed by atoms with Gasteiger partial charge >= 0.3 is 0 Å². The SMILES string of the molecule is C=Cc1c(C)cc(O)cc1/C=C\C. The number of allylic oxidation sites excluding steroid dienone is 1. The Kier molecular flexibility index (Phi) is 2.91. The molecule has 1 aromatic rings. The van der Waals surface area contributed by atoms with Gasteiger partial charge in [-0.3, -0.25) is 0 Å². The van der Waals surface area contributed by atoms with Gasteiger partial charge < -0.3 is 5.11 Å². The highest BCUT2D eigenvalue weighted by molar-refractivity contribution is 5.68. The molecule has 0 radical (unpaired) electrons. The highest BCUT2D eigenvalue weighted by Gasteiger charge is 2.01. The number of benzene rings is 1. The van der Waals surface area contributed by atoms with E-state index in [0.717, 1.165) is 16.7 Å². The zero-order valence-electron chi connectivity index (χ0n) is 8.04. The highest BCUT2D eigenvalue weighted by Crippen LogP contribution is 2.23. The molecule has 1 nitrogen and oxygen atoms in total. The largest absolute Gasteiger partial charge is 0.508 e. The van der Waals surface area contributed by atoms with Gasteiger partial charge in [-0.15, -0.1) is 0 Å². The van der Waals surface area contributed by atoms with E-state index in [1.54, 1.807) is 12.1 Å². The van der Waals surface area contributed by atoms with Crippen molar-refractivity contribution >= 4 is 12.2 Å². The maximum absolute atomic E-state index is 9.37. The third-order valence-electron chi connectivity index (χ3n) is 1.95. The lowest BCUT2D eigenvalue weighted by Crippen LogP contribution is -1.85. The minimum Gasteiger partial charge on any atom is -0.508 e. The van der Waals surface area contributed by atoms with Crippen molar-refractivity contribution in [3.8, 4) is 5.75 Å². The average molecular weight is 174 g/mol. The average Bonchev–Trinajstić information content (AvgIpc) is 2.04. The second kappa shape index (κ2) is 3.94. The molecule has 0 aliphatic carbocycles. The summed E-state index contributed by atoms with van der Waals surface area (Å²) < 4.78 is 0. The van der Waals surface area contributed by atoms with Crippen molar-refractivity contribution < 1.29 is 5.11 Å². The summed E-state index contributed by atoms with van der Waals surface area (Å²) in [6.07, 6.45) is 5.72. The summed E-state index contributed by atoms with van der Waals surface area (Å²) >= 11 is 0. The van der Waals surface area contributed by atoms with Crippen LogP contribution in [0.5, 0.6) is 5.75 Å². The van der Waals surface area contributed by atoms with E-state index in [1.165, 1.54) is 0 Å². The molecule has 1 N–H and O–H groups in total. The van der Waals surface area contributed by atoms with Crippen LogP contribution in [-0.2, 0) is 0 Å². The van der Waals surface area contributed by atoms with Crippen LogP contribution in [0.15, 0.2) is 24.8 Å². The van der Waals surface area contributed by atoms with Crippen molar-refractivity contribution in [3.05, 3.63) is 41.5 Å². The van der Waals surface area contributed by atoms with Gasteiger partial charge in [0, 0.05) is 0 Å². The Labute approximate surface area is 79.0 Å². The topological polar surface area (TPSA) is 20.2 Å². The molecule has 0 heterocycles. The predicted octanol–water partition coefficient (Wildman–Crippen LogP) is 3.38. The Morgan fingerprint density at radius 2 is 2.08 bits per heavy atom. The molecule has 68 valence electrons. The van der Waals surface area contributed by atoms with Gasteiger partial charge in [0.15, 0.2) is 0 Å². The normalized spacial score (nSPS) is 10.6. The van der Waals surface area contributed by atoms with Crippen LogP contribution in [0.25, 0.3) is 12.2 Å². The van der Waals surface area contributed by atoms with E-state index in [-0.39, 0.29) is 0 Å². The number of hydrogen-bond donors (Lipinski definition) is 1. The fourth-order valence-corrected chi connectivity index (χ4v) is 1.40. The number of phenols is 1. The molecule has 0 unspecified atom stereocenters. The Morgan fingerprint density at radius 3 is 2.62 bits per heavy atom. The molecule has 13 heavy (non-hydrogen) atoms. The summed E-state index contributed by atoms with van der Waals surface area (Å²) in [5.74, 6) is 0.302. The molecule has 0 aromatic heterocycles. The summed E-state index contributed by atoms with van der Waals surface area (Å²) in [6, 6.07) is 3.48. The fraction of sp³-hybridized carbons (Fsp3) is 0.167. The van der Waals surface area contributed by atoms with Crippen LogP contribution < -0.4 is 0 Å². The van der Waals surface area contributed by atoms with Crippen LogP contribution in [-0.4, -0.2) is 5.11 Å². The van der Waals surface area contributed by atoms with Gasteiger partial charge in [-0.1, -0.05) is 24.8 Å². The van der Waals surface area contributed by atoms with Crippen LogP contribution in [0.1, 0.15) is 23.6 Å². The van der Waals surface area contributed by atoms with E-state index in [9.17, 15) is 5.11 Å². The number of phenolic OH excluding ortho intramolecular Hbond substituents is 1. The first-order valence-corrected chi connectivity index (χ1v) is 4.27. The van der Waals surface area contributed by atoms with Crippen LogP contribution in [0.4, 0.5) is 0 Å². The first-order chi connectivity index (χ1) is 6.19. The number of hydrogen-bond acceptors (Lipinski definition) is 1. The first-order valence-electron chi connectivity index (χ1n) is 4.27. The van der Waals surface area contributed by atoms with E-state index >= 15 is 0 Å². The molecule has 0 amide bonds. The standard InChI is InChI=1S/C12H14O/c1-4-6-10-8-11(13)7-9(3)12(10)5-2/h4-8,13H,2H2,1,3H3/b6-4-. The molecule has 0 fully saturated rings. The van der Waals surface area contributed by atoms with Gasteiger partial charge in [-0.05, 0) is 42.7 Å². The minimum absolute atomic E-state index is 0.302. The number of aromatic hydroxyl groups is 1. The van der Waals surface area contributed by atoms with Crippen molar-refractivity contribution in [2.45, 2.75) is 13.8 Å². The first kappa shape index (κ1) is 9.59. The highest BCUT2D eigenvalue weighted by atomic mass is 16.3. The molecule has 1 rings (SSSR count). The van der Waals surface area contributed by atoms with Crippen molar-refractivity contribution in [1.82, 2.24) is 0 Å². The summed E-state index contributed by atoms with van der Waals surface area (Å²) in [6.45, 7) is 7.66. The molecule has 1 heteroatoms. The third-order valence-corrected chi connectivity index (χ3v) is 1.95. The van der Waals surface area contributed by atoms with Crippen molar-refractivity contribution in [2.24, 2.45) is 0 Å². The van der Waals surface area contributed by atoms with Gasteiger partial charge in [0.2, 0.25) is 0 Å².